The lowest BCUT2D eigenvalue weighted by Gasteiger charge is -2.48. The first-order valence-corrected chi connectivity index (χ1v) is 43.2. The molecule has 0 aliphatic heterocycles. The van der Waals surface area contributed by atoms with E-state index in [1.807, 2.05) is 72.0 Å². The van der Waals surface area contributed by atoms with Crippen LogP contribution in [0.4, 0.5) is 0 Å². The molecule has 0 bridgehead atoms. The Balaban J connectivity index is 0.000000113. The highest BCUT2D eigenvalue weighted by atomic mass is 32.1. The van der Waals surface area contributed by atoms with E-state index in [0.29, 0.717) is 17.5 Å². The molecular weight excluding hydrogens is 1500 g/mol. The minimum absolute atomic E-state index is 0.0284. The van der Waals surface area contributed by atoms with Gasteiger partial charge in [-0.2, -0.15) is 0 Å². The van der Waals surface area contributed by atoms with Gasteiger partial charge in [0.1, 0.15) is 11.2 Å². The average molecular weight is 1600 g/mol. The van der Waals surface area contributed by atoms with Crippen LogP contribution in [0.25, 0.3) is 188 Å². The number of rotatable bonds is 7. The van der Waals surface area contributed by atoms with E-state index >= 15 is 0 Å². The van der Waals surface area contributed by atoms with E-state index in [0.717, 1.165) is 106 Å². The first kappa shape index (κ1) is 75.7. The highest BCUT2D eigenvalue weighted by Gasteiger charge is 2.50. The Kier molecular flexibility index (Phi) is 17.7. The molecule has 15 aromatic carbocycles. The number of para-hydroxylation sites is 5. The molecule has 122 heavy (non-hydrogen) atoms. The van der Waals surface area contributed by atoms with Crippen molar-refractivity contribution in [2.45, 2.75) is 116 Å². The molecule has 9 heteroatoms. The van der Waals surface area contributed by atoms with Crippen LogP contribution in [0.1, 0.15) is 116 Å². The molecular formula is C113H91N7OS. The maximum Gasteiger partial charge on any atom is 0.164 e. The molecule has 0 fully saturated rings. The van der Waals surface area contributed by atoms with E-state index in [4.69, 9.17) is 39.3 Å². The van der Waals surface area contributed by atoms with Gasteiger partial charge in [0.15, 0.2) is 17.5 Å². The Bertz CT molecular complexity index is 7360. The SMILES string of the molecule is CC1(C)c2ccccc2-c2c(-c3nc(-c4ccccc4)nc(-c4ccc5ccccc5c4)n3)cccc2C1(C)C.CC1(C)c2ccccc2-c2c(-c3nc4ccccc4nc3-c3ccc4c(c3)oc3ccccc34)cccc2C1(C)C.CC1(C)c2ccccc2-c2c(-c3nc4ccccc4nc3-c3ccc4c(c3)sc3ccccc34)cccc2C1(C)C. The number of furan rings is 1. The summed E-state index contributed by atoms with van der Waals surface area (Å²) in [5.41, 5.74) is 31.6. The third-order valence-electron chi connectivity index (χ3n) is 28.4. The summed E-state index contributed by atoms with van der Waals surface area (Å²) >= 11 is 1.84. The number of aromatic nitrogens is 7. The van der Waals surface area contributed by atoms with Crippen LogP contribution in [0.2, 0.25) is 0 Å². The van der Waals surface area contributed by atoms with Crippen molar-refractivity contribution in [1.29, 1.82) is 0 Å². The van der Waals surface area contributed by atoms with Crippen molar-refractivity contribution < 1.29 is 4.42 Å². The summed E-state index contributed by atoms with van der Waals surface area (Å²) in [5, 5.41) is 7.19. The van der Waals surface area contributed by atoms with E-state index in [1.165, 1.54) is 97.7 Å². The first-order valence-electron chi connectivity index (χ1n) is 42.4. The van der Waals surface area contributed by atoms with Crippen LogP contribution in [-0.4, -0.2) is 34.9 Å². The largest absolute Gasteiger partial charge is 0.456 e. The Morgan fingerprint density at radius 3 is 1.11 bits per heavy atom. The topological polar surface area (TPSA) is 103 Å². The van der Waals surface area contributed by atoms with Gasteiger partial charge < -0.3 is 4.42 Å². The molecule has 0 unspecified atom stereocenters. The molecule has 20 aromatic rings. The number of fused-ring (bicyclic) bond motifs is 18. The van der Waals surface area contributed by atoms with Gasteiger partial charge in [-0.15, -0.1) is 11.3 Å². The van der Waals surface area contributed by atoms with Crippen molar-refractivity contribution in [3.63, 3.8) is 0 Å². The second kappa shape index (κ2) is 28.5. The third-order valence-corrected chi connectivity index (χ3v) is 29.5. The fourth-order valence-electron chi connectivity index (χ4n) is 19.6. The van der Waals surface area contributed by atoms with Crippen molar-refractivity contribution in [3.05, 3.63) is 367 Å². The van der Waals surface area contributed by atoms with Gasteiger partial charge in [0.2, 0.25) is 0 Å². The molecule has 0 spiro atoms. The molecule has 0 amide bonds. The van der Waals surface area contributed by atoms with Crippen LogP contribution in [0, 0.1) is 0 Å². The van der Waals surface area contributed by atoms with Gasteiger partial charge >= 0.3 is 0 Å². The lowest BCUT2D eigenvalue weighted by Crippen LogP contribution is -2.43. The van der Waals surface area contributed by atoms with Crippen LogP contribution in [0.5, 0.6) is 0 Å². The summed E-state index contributed by atoms with van der Waals surface area (Å²) in [6.45, 7) is 28.4. The summed E-state index contributed by atoms with van der Waals surface area (Å²) in [7, 11) is 0. The van der Waals surface area contributed by atoms with Crippen LogP contribution < -0.4 is 0 Å². The molecule has 0 atom stereocenters. The second-order valence-corrected chi connectivity index (χ2v) is 37.3. The van der Waals surface area contributed by atoms with Crippen LogP contribution >= 0.6 is 11.3 Å². The molecule has 3 aliphatic rings. The molecule has 0 saturated carbocycles. The average Bonchev–Trinajstić information content (AvgIpc) is 1.23. The number of hydrogen-bond donors (Lipinski definition) is 0. The highest BCUT2D eigenvalue weighted by Crippen LogP contribution is 2.60. The van der Waals surface area contributed by atoms with Crippen molar-refractivity contribution in [1.82, 2.24) is 34.9 Å². The van der Waals surface area contributed by atoms with E-state index in [1.54, 1.807) is 0 Å². The minimum Gasteiger partial charge on any atom is -0.456 e. The van der Waals surface area contributed by atoms with E-state index in [-0.39, 0.29) is 32.5 Å². The van der Waals surface area contributed by atoms with Crippen molar-refractivity contribution in [2.24, 2.45) is 0 Å². The fraction of sp³-hybridized carbons (Fsp3) is 0.159. The number of benzene rings is 15. The van der Waals surface area contributed by atoms with Gasteiger partial charge in [-0.3, -0.25) is 0 Å². The minimum atomic E-state index is -0.0941. The van der Waals surface area contributed by atoms with Crippen LogP contribution in [-0.2, 0) is 32.5 Å². The fourth-order valence-corrected chi connectivity index (χ4v) is 20.8. The van der Waals surface area contributed by atoms with E-state index in [2.05, 4.69) is 356 Å². The summed E-state index contributed by atoms with van der Waals surface area (Å²) in [5.74, 6) is 2.05. The normalized spacial score (nSPS) is 15.1. The molecule has 0 radical (unpaired) electrons. The lowest BCUT2D eigenvalue weighted by atomic mass is 9.55. The first-order chi connectivity index (χ1) is 59.0. The van der Waals surface area contributed by atoms with Gasteiger partial charge in [-0.05, 0) is 171 Å². The summed E-state index contributed by atoms with van der Waals surface area (Å²) < 4.78 is 8.87. The standard InChI is InChI=1S/C38H30N2O.C38H30N2S.C37H31N3/c2*1-37(2)28-15-7-5-13-26(28)34-27(14-11-16-29(34)38(37,3)4)36-35(39-30-17-8-9-18-31(30)40-36)23-20-21-25-24-12-6-10-19-32(24)41-33(25)22-23;1-36(2)30-19-11-10-17-28(30)32-29(18-12-20-31(32)37(36,3)4)35-39-33(25-14-6-5-7-15-25)38-34(40-35)27-22-21-24-13-8-9-16-26(24)23-27/h2*5-22H,1-4H3;5-23H,1-4H3. The predicted octanol–water partition coefficient (Wildman–Crippen LogP) is 29.9. The predicted molar refractivity (Wildman–Crippen MR) is 509 cm³/mol. The van der Waals surface area contributed by atoms with Gasteiger partial charge in [0.05, 0.1) is 44.8 Å². The molecule has 0 N–H and O–H groups in total. The van der Waals surface area contributed by atoms with E-state index in [9.17, 15) is 0 Å². The molecule has 3 aliphatic carbocycles. The molecule has 5 heterocycles. The van der Waals surface area contributed by atoms with E-state index < -0.39 is 0 Å². The molecule has 23 rings (SSSR count). The van der Waals surface area contributed by atoms with Crippen molar-refractivity contribution in [2.75, 3.05) is 0 Å². The maximum atomic E-state index is 6.29. The quantitative estimate of drug-likeness (QED) is 0.155. The maximum absolute atomic E-state index is 6.29. The van der Waals surface area contributed by atoms with Crippen LogP contribution in [0.15, 0.2) is 338 Å². The molecule has 590 valence electrons. The zero-order chi connectivity index (χ0) is 83.3. The number of nitrogens with zero attached hydrogens (tertiary/aromatic N) is 7. The Labute approximate surface area is 715 Å². The summed E-state index contributed by atoms with van der Waals surface area (Å²) in [6.07, 6.45) is 0. The Hall–Kier alpha value is -13.7. The smallest absolute Gasteiger partial charge is 0.164 e. The Morgan fingerprint density at radius 1 is 0.213 bits per heavy atom. The lowest BCUT2D eigenvalue weighted by molar-refractivity contribution is 0.299. The van der Waals surface area contributed by atoms with Crippen molar-refractivity contribution >= 4 is 86.3 Å². The second-order valence-electron chi connectivity index (χ2n) is 36.2. The highest BCUT2D eigenvalue weighted by molar-refractivity contribution is 7.25. The van der Waals surface area contributed by atoms with Gasteiger partial charge in [0.25, 0.3) is 0 Å². The monoisotopic (exact) mass is 1590 g/mol. The van der Waals surface area contributed by atoms with Gasteiger partial charge in [0, 0.05) is 69.9 Å². The zero-order valence-corrected chi connectivity index (χ0v) is 71.5. The van der Waals surface area contributed by atoms with Crippen molar-refractivity contribution in [3.8, 4) is 113 Å². The number of thiophene rings is 1. The summed E-state index contributed by atoms with van der Waals surface area (Å²) in [4.78, 5) is 36.5. The molecule has 8 nitrogen and oxygen atoms in total. The molecule has 0 saturated heterocycles. The Morgan fingerprint density at radius 2 is 0.574 bits per heavy atom. The molecule has 5 aromatic heterocycles. The van der Waals surface area contributed by atoms with Gasteiger partial charge in [-0.25, -0.2) is 34.9 Å². The van der Waals surface area contributed by atoms with Gasteiger partial charge in [-0.1, -0.05) is 356 Å². The number of hydrogen-bond acceptors (Lipinski definition) is 9. The third kappa shape index (κ3) is 11.9. The summed E-state index contributed by atoms with van der Waals surface area (Å²) in [6, 6.07) is 118. The zero-order valence-electron chi connectivity index (χ0n) is 70.7. The van der Waals surface area contributed by atoms with Crippen LogP contribution in [0.3, 0.4) is 0 Å².